The van der Waals surface area contributed by atoms with Gasteiger partial charge in [0.25, 0.3) is 0 Å². The number of rotatable bonds is 7. The first-order chi connectivity index (χ1) is 12.5. The van der Waals surface area contributed by atoms with Crippen LogP contribution in [-0.4, -0.2) is 51.6 Å². The van der Waals surface area contributed by atoms with Crippen LogP contribution in [0.25, 0.3) is 11.4 Å². The molecule has 26 heavy (non-hydrogen) atoms. The van der Waals surface area contributed by atoms with E-state index >= 15 is 0 Å². The summed E-state index contributed by atoms with van der Waals surface area (Å²) in [6, 6.07) is 7.22. The maximum absolute atomic E-state index is 9.62. The minimum absolute atomic E-state index is 0.134. The molecule has 1 aliphatic rings. The Hall–Kier alpha value is -1.77. The van der Waals surface area contributed by atoms with E-state index in [1.807, 2.05) is 19.1 Å². The van der Waals surface area contributed by atoms with Crippen LogP contribution >= 0.6 is 11.6 Å². The molecule has 0 saturated heterocycles. The van der Waals surface area contributed by atoms with Crippen molar-refractivity contribution in [3.05, 3.63) is 47.3 Å². The van der Waals surface area contributed by atoms with E-state index in [-0.39, 0.29) is 12.7 Å². The molecular formula is C18H21ClN2O5. The standard InChI is InChI=1S/C18H21ClN2O5/c1-11(24-17-9-7-14(23)15(10-22)25-17)2-8-16-20-18(21-26-16)12-3-5-13(19)6-4-12/h3-7,9,11,14-15,17,22-23H,2,8,10H2,1H3/t11-,14+,15-,17+/m1/s1. The van der Waals surface area contributed by atoms with Crippen molar-refractivity contribution in [3.8, 4) is 11.4 Å². The average Bonchev–Trinajstić information content (AvgIpc) is 3.11. The summed E-state index contributed by atoms with van der Waals surface area (Å²) in [5.74, 6) is 1.04. The Bertz CT molecular complexity index is 733. The van der Waals surface area contributed by atoms with E-state index < -0.39 is 18.5 Å². The maximum atomic E-state index is 9.62. The van der Waals surface area contributed by atoms with E-state index in [9.17, 15) is 5.11 Å². The van der Waals surface area contributed by atoms with E-state index in [1.54, 1.807) is 24.3 Å². The molecular weight excluding hydrogens is 360 g/mol. The van der Waals surface area contributed by atoms with Crippen molar-refractivity contribution in [2.24, 2.45) is 0 Å². The fraction of sp³-hybridized carbons (Fsp3) is 0.444. The molecule has 1 aromatic carbocycles. The number of ether oxygens (including phenoxy) is 2. The lowest BCUT2D eigenvalue weighted by Gasteiger charge is -2.29. The summed E-state index contributed by atoms with van der Waals surface area (Å²) in [4.78, 5) is 4.38. The first-order valence-corrected chi connectivity index (χ1v) is 8.79. The Labute approximate surface area is 156 Å². The van der Waals surface area contributed by atoms with Crippen LogP contribution in [0, 0.1) is 0 Å². The molecule has 8 heteroatoms. The summed E-state index contributed by atoms with van der Waals surface area (Å²) in [6.45, 7) is 1.64. The summed E-state index contributed by atoms with van der Waals surface area (Å²) in [5.41, 5.74) is 0.836. The molecule has 3 rings (SSSR count). The Morgan fingerprint density at radius 1 is 1.27 bits per heavy atom. The highest BCUT2D eigenvalue weighted by atomic mass is 35.5. The molecule has 0 radical (unpaired) electrons. The highest BCUT2D eigenvalue weighted by Crippen LogP contribution is 2.20. The second kappa shape index (κ2) is 8.75. The number of aromatic nitrogens is 2. The van der Waals surface area contributed by atoms with Crippen molar-refractivity contribution in [3.63, 3.8) is 0 Å². The minimum Gasteiger partial charge on any atom is -0.394 e. The van der Waals surface area contributed by atoms with E-state index in [4.69, 9.17) is 30.7 Å². The predicted molar refractivity (Wildman–Crippen MR) is 94.5 cm³/mol. The zero-order chi connectivity index (χ0) is 18.5. The molecule has 0 spiro atoms. The van der Waals surface area contributed by atoms with Crippen LogP contribution in [0.5, 0.6) is 0 Å². The van der Waals surface area contributed by atoms with Gasteiger partial charge in [0.05, 0.1) is 12.7 Å². The normalized spacial score (nSPS) is 23.9. The van der Waals surface area contributed by atoms with Crippen LogP contribution in [0.4, 0.5) is 0 Å². The van der Waals surface area contributed by atoms with Crippen LogP contribution in [0.15, 0.2) is 40.9 Å². The number of aryl methyl sites for hydroxylation is 1. The molecule has 0 amide bonds. The topological polar surface area (TPSA) is 97.8 Å². The number of aliphatic hydroxyl groups is 2. The van der Waals surface area contributed by atoms with Gasteiger partial charge in [-0.1, -0.05) is 22.8 Å². The van der Waals surface area contributed by atoms with Crippen LogP contribution in [0.1, 0.15) is 19.2 Å². The summed E-state index contributed by atoms with van der Waals surface area (Å²) in [7, 11) is 0. The lowest BCUT2D eigenvalue weighted by molar-refractivity contribution is -0.196. The highest BCUT2D eigenvalue weighted by molar-refractivity contribution is 6.30. The molecule has 4 atom stereocenters. The monoisotopic (exact) mass is 380 g/mol. The maximum Gasteiger partial charge on any atom is 0.227 e. The fourth-order valence-corrected chi connectivity index (χ4v) is 2.68. The molecule has 2 heterocycles. The third-order valence-electron chi connectivity index (χ3n) is 4.04. The van der Waals surface area contributed by atoms with E-state index in [0.29, 0.717) is 29.6 Å². The second-order valence-corrected chi connectivity index (χ2v) is 6.54. The Balaban J connectivity index is 1.50. The number of benzene rings is 1. The van der Waals surface area contributed by atoms with Gasteiger partial charge in [0.15, 0.2) is 6.29 Å². The minimum atomic E-state index is -0.820. The lowest BCUT2D eigenvalue weighted by atomic mass is 10.1. The van der Waals surface area contributed by atoms with Crippen molar-refractivity contribution in [1.82, 2.24) is 10.1 Å². The van der Waals surface area contributed by atoms with Gasteiger partial charge in [0.1, 0.15) is 12.2 Å². The largest absolute Gasteiger partial charge is 0.394 e. The summed E-state index contributed by atoms with van der Waals surface area (Å²) in [5, 5.41) is 23.4. The third kappa shape index (κ3) is 4.90. The Morgan fingerprint density at radius 3 is 2.77 bits per heavy atom. The van der Waals surface area contributed by atoms with Gasteiger partial charge in [-0.15, -0.1) is 0 Å². The van der Waals surface area contributed by atoms with E-state index in [2.05, 4.69) is 10.1 Å². The molecule has 7 nitrogen and oxygen atoms in total. The van der Waals surface area contributed by atoms with Crippen LogP contribution < -0.4 is 0 Å². The van der Waals surface area contributed by atoms with Gasteiger partial charge in [0.2, 0.25) is 11.7 Å². The van der Waals surface area contributed by atoms with E-state index in [0.717, 1.165) is 5.56 Å². The Kier molecular flexibility index (Phi) is 6.39. The molecule has 0 aliphatic carbocycles. The molecule has 1 aromatic heterocycles. The van der Waals surface area contributed by atoms with E-state index in [1.165, 1.54) is 0 Å². The zero-order valence-electron chi connectivity index (χ0n) is 14.3. The van der Waals surface area contributed by atoms with Crippen molar-refractivity contribution in [2.45, 2.75) is 44.4 Å². The first-order valence-electron chi connectivity index (χ1n) is 8.42. The van der Waals surface area contributed by atoms with Crippen molar-refractivity contribution < 1.29 is 24.2 Å². The molecule has 0 saturated carbocycles. The molecule has 0 unspecified atom stereocenters. The van der Waals surface area contributed by atoms with Gasteiger partial charge in [-0.3, -0.25) is 0 Å². The summed E-state index contributed by atoms with van der Waals surface area (Å²) < 4.78 is 16.5. The van der Waals surface area contributed by atoms with Crippen molar-refractivity contribution in [1.29, 1.82) is 0 Å². The van der Waals surface area contributed by atoms with Crippen LogP contribution in [0.2, 0.25) is 5.02 Å². The average molecular weight is 381 g/mol. The van der Waals surface area contributed by atoms with Gasteiger partial charge in [0, 0.05) is 17.0 Å². The zero-order valence-corrected chi connectivity index (χ0v) is 15.0. The fourth-order valence-electron chi connectivity index (χ4n) is 2.55. The highest BCUT2D eigenvalue weighted by Gasteiger charge is 2.26. The van der Waals surface area contributed by atoms with Crippen LogP contribution in [-0.2, 0) is 15.9 Å². The lowest BCUT2D eigenvalue weighted by Crippen LogP contribution is -2.39. The van der Waals surface area contributed by atoms with Crippen molar-refractivity contribution >= 4 is 11.6 Å². The molecule has 2 aromatic rings. The predicted octanol–water partition coefficient (Wildman–Crippen LogP) is 2.36. The summed E-state index contributed by atoms with van der Waals surface area (Å²) in [6.07, 6.45) is 2.20. The molecule has 0 bridgehead atoms. The van der Waals surface area contributed by atoms with Gasteiger partial charge in [-0.25, -0.2) is 0 Å². The van der Waals surface area contributed by atoms with Gasteiger partial charge >= 0.3 is 0 Å². The second-order valence-electron chi connectivity index (χ2n) is 6.10. The SMILES string of the molecule is C[C@H](CCc1nc(-c2ccc(Cl)cc2)no1)O[C@@H]1C=C[C@H](O)[C@@H](CO)O1. The number of hydrogen-bond donors (Lipinski definition) is 2. The third-order valence-corrected chi connectivity index (χ3v) is 4.29. The number of hydrogen-bond acceptors (Lipinski definition) is 7. The smallest absolute Gasteiger partial charge is 0.227 e. The molecule has 140 valence electrons. The summed E-state index contributed by atoms with van der Waals surface area (Å²) >= 11 is 5.87. The van der Waals surface area contributed by atoms with Crippen molar-refractivity contribution in [2.75, 3.05) is 6.61 Å². The molecule has 2 N–H and O–H groups in total. The number of nitrogens with zero attached hydrogens (tertiary/aromatic N) is 2. The quantitative estimate of drug-likeness (QED) is 0.711. The molecule has 1 aliphatic heterocycles. The Morgan fingerprint density at radius 2 is 2.04 bits per heavy atom. The number of aliphatic hydroxyl groups excluding tert-OH is 2. The van der Waals surface area contributed by atoms with Gasteiger partial charge in [-0.2, -0.15) is 4.98 Å². The van der Waals surface area contributed by atoms with Gasteiger partial charge < -0.3 is 24.2 Å². The van der Waals surface area contributed by atoms with Crippen LogP contribution in [0.3, 0.4) is 0 Å². The van der Waals surface area contributed by atoms with Gasteiger partial charge in [-0.05, 0) is 43.7 Å². The molecule has 0 fully saturated rings. The first kappa shape index (κ1) is 19.0. The number of halogens is 1.